The molecule has 4 fully saturated rings. The molecule has 4 rings (SSSR count). The van der Waals surface area contributed by atoms with Crippen LogP contribution in [0.2, 0.25) is 0 Å². The smallest absolute Gasteiger partial charge is 0.000946 e. The second kappa shape index (κ2) is 4.89. The van der Waals surface area contributed by atoms with Crippen LogP contribution in [-0.2, 0) is 0 Å². The minimum Gasteiger partial charge on any atom is -0.129 e. The van der Waals surface area contributed by atoms with Gasteiger partial charge in [-0.05, 0) is 84.5 Å². The van der Waals surface area contributed by atoms with Gasteiger partial charge >= 0.3 is 0 Å². The van der Waals surface area contributed by atoms with Crippen molar-refractivity contribution in [3.8, 4) is 0 Å². The summed E-state index contributed by atoms with van der Waals surface area (Å²) in [5, 5.41) is 0. The Morgan fingerprint density at radius 2 is 1.74 bits per heavy atom. The summed E-state index contributed by atoms with van der Waals surface area (Å²) in [6, 6.07) is 0. The lowest BCUT2D eigenvalue weighted by Gasteiger charge is -2.65. The molecule has 0 heteroatoms. The quantitative estimate of drug-likeness (QED) is 0.345. The van der Waals surface area contributed by atoms with Crippen molar-refractivity contribution in [3.63, 3.8) is 0 Å². The fourth-order valence-corrected chi connectivity index (χ4v) is 7.68. The van der Waals surface area contributed by atoms with Crippen LogP contribution < -0.4 is 0 Å². The highest BCUT2D eigenvalue weighted by molar-refractivity contribution is 5.28. The molecule has 0 aliphatic heterocycles. The summed E-state index contributed by atoms with van der Waals surface area (Å²) >= 11 is 0. The lowest BCUT2D eigenvalue weighted by atomic mass is 9.40. The summed E-state index contributed by atoms with van der Waals surface area (Å²) in [6.07, 6.45) is 12.3. The van der Waals surface area contributed by atoms with Crippen LogP contribution in [0.4, 0.5) is 0 Å². The zero-order valence-corrected chi connectivity index (χ0v) is 15.5. The summed E-state index contributed by atoms with van der Waals surface area (Å²) in [6.45, 7) is 16.4. The lowest BCUT2D eigenvalue weighted by molar-refractivity contribution is -0.113. The predicted octanol–water partition coefficient (Wildman–Crippen LogP) is 6.69. The molecule has 0 heterocycles. The Kier molecular flexibility index (Phi) is 3.35. The zero-order valence-electron chi connectivity index (χ0n) is 15.5. The number of hydrogen-bond acceptors (Lipinski definition) is 0. The van der Waals surface area contributed by atoms with E-state index in [0.29, 0.717) is 16.2 Å². The van der Waals surface area contributed by atoms with Gasteiger partial charge in [-0.1, -0.05) is 52.3 Å². The van der Waals surface area contributed by atoms with Gasteiger partial charge in [0.25, 0.3) is 0 Å². The first-order valence-corrected chi connectivity index (χ1v) is 9.94. The highest BCUT2D eigenvalue weighted by Crippen LogP contribution is 2.71. The topological polar surface area (TPSA) is 0 Å². The van der Waals surface area contributed by atoms with Crippen molar-refractivity contribution in [2.75, 3.05) is 0 Å². The maximum absolute atomic E-state index is 4.65. The molecule has 0 aromatic heterocycles. The van der Waals surface area contributed by atoms with Crippen molar-refractivity contribution in [1.82, 2.24) is 0 Å². The molecular formula is C23H34. The third-order valence-electron chi connectivity index (χ3n) is 9.40. The molecular weight excluding hydrogens is 276 g/mol. The monoisotopic (exact) mass is 310 g/mol. The molecule has 0 amide bonds. The van der Waals surface area contributed by atoms with Gasteiger partial charge in [0.1, 0.15) is 0 Å². The molecule has 0 spiro atoms. The number of fused-ring (bicyclic) bond motifs is 5. The van der Waals surface area contributed by atoms with E-state index in [4.69, 9.17) is 0 Å². The zero-order chi connectivity index (χ0) is 16.5. The van der Waals surface area contributed by atoms with Crippen molar-refractivity contribution in [2.45, 2.75) is 78.6 Å². The average molecular weight is 311 g/mol. The molecule has 4 aliphatic carbocycles. The summed E-state index contributed by atoms with van der Waals surface area (Å²) in [4.78, 5) is 0. The highest BCUT2D eigenvalue weighted by Gasteiger charge is 2.62. The van der Waals surface area contributed by atoms with Crippen LogP contribution in [0.25, 0.3) is 0 Å². The number of hydrogen-bond donors (Lipinski definition) is 0. The highest BCUT2D eigenvalue weighted by atomic mass is 14.7. The first-order valence-electron chi connectivity index (χ1n) is 9.94. The third-order valence-corrected chi connectivity index (χ3v) is 9.40. The Labute approximate surface area is 143 Å². The van der Waals surface area contributed by atoms with Crippen LogP contribution in [0, 0.1) is 34.0 Å². The van der Waals surface area contributed by atoms with Crippen molar-refractivity contribution in [2.24, 2.45) is 34.0 Å². The molecule has 6 unspecified atom stereocenters. The molecule has 23 heavy (non-hydrogen) atoms. The summed E-state index contributed by atoms with van der Waals surface area (Å²) in [5.41, 5.74) is 7.73. The fourth-order valence-electron chi connectivity index (χ4n) is 7.68. The van der Waals surface area contributed by atoms with Crippen molar-refractivity contribution < 1.29 is 0 Å². The minimum absolute atomic E-state index is 0.391. The Hall–Kier alpha value is -0.740. The van der Waals surface area contributed by atoms with Gasteiger partial charge < -0.3 is 0 Å². The van der Waals surface area contributed by atoms with Crippen LogP contribution in [0.15, 0.2) is 30.0 Å². The van der Waals surface area contributed by atoms with Gasteiger partial charge in [-0.2, -0.15) is 0 Å². The normalized spacial score (nSPS) is 52.4. The Bertz CT molecular complexity index is 591. The van der Waals surface area contributed by atoms with Gasteiger partial charge in [-0.3, -0.25) is 0 Å². The van der Waals surface area contributed by atoms with E-state index in [9.17, 15) is 0 Å². The van der Waals surface area contributed by atoms with Crippen LogP contribution in [0.5, 0.6) is 0 Å². The maximum Gasteiger partial charge on any atom is -0.000946 e. The Morgan fingerprint density at radius 3 is 2.48 bits per heavy atom. The number of rotatable bonds is 0. The molecule has 0 saturated heterocycles. The van der Waals surface area contributed by atoms with E-state index in [1.165, 1.54) is 63.4 Å². The van der Waals surface area contributed by atoms with Crippen molar-refractivity contribution >= 4 is 0 Å². The second-order valence-electron chi connectivity index (χ2n) is 9.79. The van der Waals surface area contributed by atoms with E-state index in [1.54, 1.807) is 5.57 Å². The van der Waals surface area contributed by atoms with Gasteiger partial charge in [-0.25, -0.2) is 0 Å². The van der Waals surface area contributed by atoms with Crippen LogP contribution in [0.3, 0.4) is 0 Å². The van der Waals surface area contributed by atoms with Gasteiger partial charge in [-0.15, -0.1) is 5.73 Å². The van der Waals surface area contributed by atoms with E-state index in [1.807, 2.05) is 0 Å². The molecule has 0 bridgehead atoms. The molecule has 0 N–H and O–H groups in total. The van der Waals surface area contributed by atoms with E-state index in [2.05, 4.69) is 39.7 Å². The first kappa shape index (κ1) is 15.8. The molecule has 6 atom stereocenters. The third kappa shape index (κ3) is 1.80. The molecule has 0 aromatic rings. The summed E-state index contributed by atoms with van der Waals surface area (Å²) < 4.78 is 0. The van der Waals surface area contributed by atoms with Crippen molar-refractivity contribution in [3.05, 3.63) is 30.0 Å². The first-order chi connectivity index (χ1) is 10.9. The SMILES string of the molecule is C=C=C1CCC2C3CC(=C)C4(C)CCCCC4(C)C3CCC12C. The largest absolute Gasteiger partial charge is 0.129 e. The molecule has 0 nitrogen and oxygen atoms in total. The molecule has 0 radical (unpaired) electrons. The van der Waals surface area contributed by atoms with Crippen molar-refractivity contribution in [1.29, 1.82) is 0 Å². The van der Waals surface area contributed by atoms with E-state index in [-0.39, 0.29) is 0 Å². The number of allylic oxidation sites excluding steroid dienone is 2. The van der Waals surface area contributed by atoms with E-state index < -0.39 is 0 Å². The Morgan fingerprint density at radius 1 is 1.00 bits per heavy atom. The molecule has 4 aliphatic rings. The van der Waals surface area contributed by atoms with Gasteiger partial charge in [0.2, 0.25) is 0 Å². The van der Waals surface area contributed by atoms with Gasteiger partial charge in [0, 0.05) is 0 Å². The van der Waals surface area contributed by atoms with Crippen LogP contribution in [0.1, 0.15) is 78.6 Å². The standard InChI is InChI=1S/C23H34/c1-6-17-9-10-19-18-15-16(2)22(4)12-7-8-13-23(22,5)20(18)11-14-21(17,19)3/h18-20H,1-2,7-15H2,3-5H3. The summed E-state index contributed by atoms with van der Waals surface area (Å²) in [7, 11) is 0. The molecule has 0 aromatic carbocycles. The van der Waals surface area contributed by atoms with Gasteiger partial charge in [0.15, 0.2) is 0 Å². The predicted molar refractivity (Wildman–Crippen MR) is 98.1 cm³/mol. The van der Waals surface area contributed by atoms with E-state index in [0.717, 1.165) is 17.8 Å². The Balaban J connectivity index is 1.76. The molecule has 126 valence electrons. The maximum atomic E-state index is 4.65. The second-order valence-corrected chi connectivity index (χ2v) is 9.79. The van der Waals surface area contributed by atoms with E-state index >= 15 is 0 Å². The fraction of sp³-hybridized carbons (Fsp3) is 0.783. The average Bonchev–Trinajstić information content (AvgIpc) is 2.86. The molecule has 4 saturated carbocycles. The van der Waals surface area contributed by atoms with Crippen LogP contribution in [-0.4, -0.2) is 0 Å². The lowest BCUT2D eigenvalue weighted by Crippen LogP contribution is -2.57. The minimum atomic E-state index is 0.391. The van der Waals surface area contributed by atoms with Gasteiger partial charge in [0.05, 0.1) is 0 Å². The summed E-state index contributed by atoms with van der Waals surface area (Å²) in [5.74, 6) is 2.63. The van der Waals surface area contributed by atoms with Crippen LogP contribution >= 0.6 is 0 Å².